The zero-order chi connectivity index (χ0) is 26.3. The first kappa shape index (κ1) is 24.8. The number of aromatic hydroxyl groups is 1. The normalized spacial score (nSPS) is 34.4. The zero-order valence-corrected chi connectivity index (χ0v) is 19.7. The van der Waals surface area contributed by atoms with Crippen molar-refractivity contribution in [3.05, 3.63) is 17.2 Å². The van der Waals surface area contributed by atoms with Crippen molar-refractivity contribution in [2.75, 3.05) is 38.8 Å². The van der Waals surface area contributed by atoms with Crippen molar-refractivity contribution in [3.8, 4) is 5.75 Å². The maximum absolute atomic E-state index is 13.7. The number of benzene rings is 1. The molecule has 2 saturated carbocycles. The molecule has 0 aromatic heterocycles. The molecule has 4 unspecified atom stereocenters. The van der Waals surface area contributed by atoms with Gasteiger partial charge in [-0.1, -0.05) is 0 Å². The summed E-state index contributed by atoms with van der Waals surface area (Å²) < 4.78 is 0. The predicted molar refractivity (Wildman–Crippen MR) is 121 cm³/mol. The number of amides is 1. The van der Waals surface area contributed by atoms with E-state index in [0.29, 0.717) is 11.3 Å². The van der Waals surface area contributed by atoms with E-state index in [1.165, 1.54) is 25.1 Å². The summed E-state index contributed by atoms with van der Waals surface area (Å²) in [6.45, 7) is 0. The molecule has 4 rings (SSSR count). The molecule has 0 radical (unpaired) electrons. The van der Waals surface area contributed by atoms with Crippen LogP contribution in [0.5, 0.6) is 5.75 Å². The molecule has 0 bridgehead atoms. The Kier molecular flexibility index (Phi) is 5.54. The average Bonchev–Trinajstić information content (AvgIpc) is 2.75. The van der Waals surface area contributed by atoms with Crippen LogP contribution < -0.4 is 16.4 Å². The first-order valence-electron chi connectivity index (χ1n) is 11.0. The van der Waals surface area contributed by atoms with E-state index in [1.807, 2.05) is 0 Å². The summed E-state index contributed by atoms with van der Waals surface area (Å²) in [6, 6.07) is 0.0582. The first-order chi connectivity index (χ1) is 16.2. The number of phenolic OH excluding ortho intramolecular Hbond substituents is 1. The Bertz CT molecular complexity index is 1190. The van der Waals surface area contributed by atoms with E-state index in [9.17, 15) is 39.3 Å². The number of nitrogen functional groups attached to an aromatic ring is 1. The molecule has 0 heterocycles. The number of phenols is 1. The number of carbonyl (C=O) groups excluding carboxylic acids is 5. The second kappa shape index (κ2) is 7.83. The fourth-order valence-corrected chi connectivity index (χ4v) is 6.08. The highest BCUT2D eigenvalue weighted by Gasteiger charge is 2.72. The van der Waals surface area contributed by atoms with Crippen LogP contribution in [0.15, 0.2) is 6.07 Å². The highest BCUT2D eigenvalue weighted by molar-refractivity contribution is 6.32. The second-order valence-corrected chi connectivity index (χ2v) is 9.95. The second-order valence-electron chi connectivity index (χ2n) is 9.95. The highest BCUT2D eigenvalue weighted by Crippen LogP contribution is 2.52. The monoisotopic (exact) mass is 488 g/mol. The molecular weight excluding hydrogens is 460 g/mol. The standard InChI is InChI=1S/C23H28N4O8/c1-26(2)10-6-9(24)17(29)11-7(10)5-8-12(18(11)30)20(32)23(35)14(16(8)28)15(27(3)4)19(31)13(21(23)33)22(25)34/h6,8,12-16,28-29,35H,5,24H2,1-4H3,(H2,25,34)/t8?,12?,13?,14?,15-,16-,23-/m0/s1. The lowest BCUT2D eigenvalue weighted by Gasteiger charge is -2.54. The van der Waals surface area contributed by atoms with Gasteiger partial charge in [0, 0.05) is 25.7 Å². The molecule has 35 heavy (non-hydrogen) atoms. The van der Waals surface area contributed by atoms with Gasteiger partial charge in [0.25, 0.3) is 0 Å². The summed E-state index contributed by atoms with van der Waals surface area (Å²) in [5.41, 5.74) is 8.63. The molecule has 7 atom stereocenters. The number of primary amides is 1. The number of hydrogen-bond acceptors (Lipinski definition) is 11. The number of carbonyl (C=O) groups is 5. The quantitative estimate of drug-likeness (QED) is 0.171. The molecule has 1 aromatic rings. The molecule has 12 nitrogen and oxygen atoms in total. The number of anilines is 2. The van der Waals surface area contributed by atoms with Gasteiger partial charge in [-0.15, -0.1) is 0 Å². The topological polar surface area (TPSA) is 205 Å². The van der Waals surface area contributed by atoms with Gasteiger partial charge >= 0.3 is 0 Å². The van der Waals surface area contributed by atoms with Crippen LogP contribution in [0, 0.1) is 23.7 Å². The molecule has 3 aliphatic rings. The third kappa shape index (κ3) is 3.06. The number of hydrogen-bond donors (Lipinski definition) is 5. The van der Waals surface area contributed by atoms with Crippen LogP contribution in [0.2, 0.25) is 0 Å². The van der Waals surface area contributed by atoms with Gasteiger partial charge in [0.1, 0.15) is 5.75 Å². The molecule has 1 aromatic carbocycles. The average molecular weight is 488 g/mol. The van der Waals surface area contributed by atoms with Gasteiger partial charge in [-0.2, -0.15) is 0 Å². The molecule has 188 valence electrons. The largest absolute Gasteiger partial charge is 0.505 e. The Balaban J connectivity index is 1.96. The molecule has 12 heteroatoms. The molecule has 0 spiro atoms. The summed E-state index contributed by atoms with van der Waals surface area (Å²) >= 11 is 0. The van der Waals surface area contributed by atoms with E-state index in [-0.39, 0.29) is 17.7 Å². The van der Waals surface area contributed by atoms with E-state index in [2.05, 4.69) is 0 Å². The van der Waals surface area contributed by atoms with Crippen LogP contribution in [-0.2, 0) is 25.6 Å². The molecule has 0 aliphatic heterocycles. The summed E-state index contributed by atoms with van der Waals surface area (Å²) in [4.78, 5) is 68.7. The smallest absolute Gasteiger partial charge is 0.235 e. The highest BCUT2D eigenvalue weighted by atomic mass is 16.3. The van der Waals surface area contributed by atoms with Crippen molar-refractivity contribution >= 4 is 40.4 Å². The molecule has 2 fully saturated rings. The number of ketones is 4. The first-order valence-corrected chi connectivity index (χ1v) is 11.0. The number of likely N-dealkylation sites (N-methyl/N-ethyl adjacent to an activating group) is 1. The van der Waals surface area contributed by atoms with E-state index >= 15 is 0 Å². The number of nitrogens with zero attached hydrogens (tertiary/aromatic N) is 2. The van der Waals surface area contributed by atoms with Crippen LogP contribution in [0.3, 0.4) is 0 Å². The Morgan fingerprint density at radius 1 is 1.11 bits per heavy atom. The number of fused-ring (bicyclic) bond motifs is 3. The third-order valence-corrected chi connectivity index (χ3v) is 7.63. The Morgan fingerprint density at radius 3 is 2.23 bits per heavy atom. The van der Waals surface area contributed by atoms with Gasteiger partial charge in [-0.3, -0.25) is 28.9 Å². The molecule has 1 amide bonds. The van der Waals surface area contributed by atoms with Gasteiger partial charge in [0.15, 0.2) is 34.7 Å². The van der Waals surface area contributed by atoms with E-state index in [1.54, 1.807) is 19.0 Å². The maximum atomic E-state index is 13.7. The lowest BCUT2D eigenvalue weighted by Crippen LogP contribution is -2.77. The molecular formula is C23H28N4O8. The number of nitrogens with two attached hydrogens (primary N) is 2. The SMILES string of the molecule is CN(C)c1cc(N)c(O)c2c1CC1C(C2=O)C(=O)[C@]2(O)C(=O)C(C(N)=O)C(=O)[C@@H](N(C)C)C2[C@H]1O. The van der Waals surface area contributed by atoms with Crippen molar-refractivity contribution in [2.24, 2.45) is 29.4 Å². The number of rotatable bonds is 3. The zero-order valence-electron chi connectivity index (χ0n) is 19.7. The Labute approximate surface area is 200 Å². The van der Waals surface area contributed by atoms with Crippen LogP contribution in [-0.4, -0.2) is 95.2 Å². The molecule has 3 aliphatic carbocycles. The van der Waals surface area contributed by atoms with E-state index in [0.717, 1.165) is 0 Å². The Morgan fingerprint density at radius 2 is 1.71 bits per heavy atom. The predicted octanol–water partition coefficient (Wildman–Crippen LogP) is -2.51. The van der Waals surface area contributed by atoms with Gasteiger partial charge in [0.05, 0.1) is 35.2 Å². The number of aliphatic hydroxyl groups is 2. The van der Waals surface area contributed by atoms with Crippen molar-refractivity contribution in [3.63, 3.8) is 0 Å². The van der Waals surface area contributed by atoms with E-state index in [4.69, 9.17) is 11.5 Å². The summed E-state index contributed by atoms with van der Waals surface area (Å²) in [6.07, 6.45) is -1.74. The van der Waals surface area contributed by atoms with Crippen molar-refractivity contribution in [1.29, 1.82) is 0 Å². The minimum Gasteiger partial charge on any atom is -0.505 e. The van der Waals surface area contributed by atoms with Crippen LogP contribution in [0.1, 0.15) is 15.9 Å². The lowest BCUT2D eigenvalue weighted by atomic mass is 9.51. The van der Waals surface area contributed by atoms with Gasteiger partial charge in [-0.05, 0) is 32.1 Å². The number of aliphatic hydroxyl groups excluding tert-OH is 1. The lowest BCUT2D eigenvalue weighted by molar-refractivity contribution is -0.195. The fourth-order valence-electron chi connectivity index (χ4n) is 6.08. The van der Waals surface area contributed by atoms with Crippen LogP contribution in [0.25, 0.3) is 0 Å². The number of Topliss-reactive ketones (excluding diaryl/α,β-unsaturated/α-hetero) is 4. The summed E-state index contributed by atoms with van der Waals surface area (Å²) in [7, 11) is 6.25. The third-order valence-electron chi connectivity index (χ3n) is 7.63. The van der Waals surface area contributed by atoms with Crippen LogP contribution in [0.4, 0.5) is 11.4 Å². The van der Waals surface area contributed by atoms with Gasteiger partial charge < -0.3 is 31.7 Å². The van der Waals surface area contributed by atoms with Gasteiger partial charge in [0.2, 0.25) is 5.91 Å². The van der Waals surface area contributed by atoms with E-state index < -0.39 is 76.2 Å². The summed E-state index contributed by atoms with van der Waals surface area (Å²) in [5, 5.41) is 33.6. The minimum atomic E-state index is -3.02. The fraction of sp³-hybridized carbons (Fsp3) is 0.522. The van der Waals surface area contributed by atoms with Crippen molar-refractivity contribution in [2.45, 2.75) is 24.2 Å². The van der Waals surface area contributed by atoms with Gasteiger partial charge in [-0.25, -0.2) is 0 Å². The molecule has 0 saturated heterocycles. The van der Waals surface area contributed by atoms with Crippen molar-refractivity contribution < 1.29 is 39.3 Å². The Hall–Kier alpha value is -3.35. The minimum absolute atomic E-state index is 0.0750. The maximum Gasteiger partial charge on any atom is 0.235 e. The molecule has 7 N–H and O–H groups in total. The summed E-state index contributed by atoms with van der Waals surface area (Å²) in [5.74, 6) is -13.0. The van der Waals surface area contributed by atoms with Crippen molar-refractivity contribution in [1.82, 2.24) is 4.90 Å². The van der Waals surface area contributed by atoms with Crippen LogP contribution >= 0.6 is 0 Å².